The minimum atomic E-state index is -4.94. The number of benzene rings is 1. The number of nitrogens with zero attached hydrogens (tertiary/aromatic N) is 5. The quantitative estimate of drug-likeness (QED) is 0.408. The molecule has 0 unspecified atom stereocenters. The average Bonchev–Trinajstić information content (AvgIpc) is 3.43. The number of morpholine rings is 1. The van der Waals surface area contributed by atoms with Crippen molar-refractivity contribution in [3.05, 3.63) is 64.1 Å². The molecule has 1 amide bonds. The maximum Gasteiger partial charge on any atom is 0.417 e. The van der Waals surface area contributed by atoms with E-state index in [0.29, 0.717) is 49.4 Å². The molecule has 1 aromatic carbocycles. The van der Waals surface area contributed by atoms with Crippen LogP contribution in [0.3, 0.4) is 0 Å². The van der Waals surface area contributed by atoms with E-state index in [0.717, 1.165) is 12.6 Å². The molecule has 2 aliphatic rings. The molecule has 3 aromatic rings. The lowest BCUT2D eigenvalue weighted by Crippen LogP contribution is -2.46. The summed E-state index contributed by atoms with van der Waals surface area (Å²) >= 11 is 0. The number of ether oxygens (including phenoxy) is 1. The Morgan fingerprint density at radius 2 is 1.74 bits per heavy atom. The van der Waals surface area contributed by atoms with E-state index in [1.165, 1.54) is 24.5 Å². The molecule has 10 nitrogen and oxygen atoms in total. The van der Waals surface area contributed by atoms with E-state index in [1.807, 2.05) is 42.6 Å². The molecule has 43 heavy (non-hydrogen) atoms. The predicted molar refractivity (Wildman–Crippen MR) is 154 cm³/mol. The van der Waals surface area contributed by atoms with Gasteiger partial charge in [0.05, 0.1) is 34.7 Å². The molecular formula is C29H33F4N7O3. The van der Waals surface area contributed by atoms with Crippen LogP contribution in [0, 0.1) is 5.82 Å². The Morgan fingerprint density at radius 1 is 1.07 bits per heavy atom. The zero-order chi connectivity index (χ0) is 31.1. The summed E-state index contributed by atoms with van der Waals surface area (Å²) < 4.78 is 62.5. The first-order chi connectivity index (χ1) is 20.3. The Balaban J connectivity index is 1.51. The third-order valence-corrected chi connectivity index (χ3v) is 7.69. The second-order valence-corrected chi connectivity index (χ2v) is 11.2. The number of pyridine rings is 1. The lowest BCUT2D eigenvalue weighted by molar-refractivity contribution is -0.138. The summed E-state index contributed by atoms with van der Waals surface area (Å²) in [4.78, 5) is 41.8. The Labute approximate surface area is 245 Å². The van der Waals surface area contributed by atoms with Crippen LogP contribution >= 0.6 is 0 Å². The molecule has 14 heteroatoms. The predicted octanol–water partition coefficient (Wildman–Crippen LogP) is 4.00. The summed E-state index contributed by atoms with van der Waals surface area (Å²) in [7, 11) is 3.86. The van der Waals surface area contributed by atoms with E-state index < -0.39 is 34.6 Å². The highest BCUT2D eigenvalue weighted by atomic mass is 19.4. The van der Waals surface area contributed by atoms with Crippen molar-refractivity contribution in [2.24, 2.45) is 0 Å². The second-order valence-electron chi connectivity index (χ2n) is 11.2. The summed E-state index contributed by atoms with van der Waals surface area (Å²) in [6, 6.07) is 3.14. The van der Waals surface area contributed by atoms with Crippen molar-refractivity contribution < 1.29 is 27.1 Å². The van der Waals surface area contributed by atoms with Gasteiger partial charge in [-0.1, -0.05) is 0 Å². The van der Waals surface area contributed by atoms with Gasteiger partial charge in [0.1, 0.15) is 5.82 Å². The molecule has 2 fully saturated rings. The number of likely N-dealkylation sites (N-methyl/N-ethyl adjacent to an activating group) is 1. The molecule has 0 saturated carbocycles. The number of rotatable bonds is 6. The fourth-order valence-corrected chi connectivity index (χ4v) is 5.58. The SMILES string of the molecule is C[C@@H]1CN(c2ncc(-c3cc(NC(=O)c4c[nH]c(=O)cc4C(F)(F)F)c(N4CC[C@H](N(C)C)C4)cc3F)cn2)C[C@H](C)O1. The van der Waals surface area contributed by atoms with E-state index in [-0.39, 0.29) is 29.5 Å². The van der Waals surface area contributed by atoms with Crippen molar-refractivity contribution in [2.45, 2.75) is 44.7 Å². The largest absolute Gasteiger partial charge is 0.417 e. The highest BCUT2D eigenvalue weighted by molar-refractivity contribution is 6.07. The first-order valence-electron chi connectivity index (χ1n) is 13.9. The van der Waals surface area contributed by atoms with E-state index in [2.05, 4.69) is 20.3 Å². The van der Waals surface area contributed by atoms with Crippen LogP contribution in [0.1, 0.15) is 36.2 Å². The Kier molecular flexibility index (Phi) is 8.43. The van der Waals surface area contributed by atoms with E-state index in [4.69, 9.17) is 4.74 Å². The van der Waals surface area contributed by atoms with E-state index in [1.54, 1.807) is 0 Å². The van der Waals surface area contributed by atoms with Gasteiger partial charge in [-0.3, -0.25) is 9.59 Å². The van der Waals surface area contributed by atoms with Gasteiger partial charge in [0.15, 0.2) is 0 Å². The summed E-state index contributed by atoms with van der Waals surface area (Å²) in [5.74, 6) is -1.25. The number of nitrogens with one attached hydrogen (secondary N) is 2. The van der Waals surface area contributed by atoms with Crippen LogP contribution in [-0.2, 0) is 10.9 Å². The van der Waals surface area contributed by atoms with Crippen LogP contribution in [0.25, 0.3) is 11.1 Å². The minimum absolute atomic E-state index is 0.0128. The maximum atomic E-state index is 15.7. The van der Waals surface area contributed by atoms with Crippen molar-refractivity contribution in [2.75, 3.05) is 55.4 Å². The molecule has 5 rings (SSSR count). The Bertz CT molecular complexity index is 1530. The number of hydrogen-bond donors (Lipinski definition) is 2. The number of aromatic amines is 1. The molecule has 3 atom stereocenters. The molecule has 2 aliphatic heterocycles. The third kappa shape index (κ3) is 6.64. The number of anilines is 3. The highest BCUT2D eigenvalue weighted by Crippen LogP contribution is 2.37. The van der Waals surface area contributed by atoms with E-state index in [9.17, 15) is 22.8 Å². The van der Waals surface area contributed by atoms with Crippen molar-refractivity contribution in [1.29, 1.82) is 0 Å². The molecule has 2 aromatic heterocycles. The van der Waals surface area contributed by atoms with Gasteiger partial charge in [0.2, 0.25) is 11.5 Å². The lowest BCUT2D eigenvalue weighted by Gasteiger charge is -2.35. The number of carbonyl (C=O) groups is 1. The zero-order valence-electron chi connectivity index (χ0n) is 24.2. The van der Waals surface area contributed by atoms with Gasteiger partial charge >= 0.3 is 6.18 Å². The summed E-state index contributed by atoms with van der Waals surface area (Å²) in [5.41, 5.74) is -2.31. The van der Waals surface area contributed by atoms with Gasteiger partial charge in [-0.25, -0.2) is 14.4 Å². The maximum absolute atomic E-state index is 15.7. The van der Waals surface area contributed by atoms with Gasteiger partial charge in [-0.15, -0.1) is 0 Å². The number of aromatic nitrogens is 3. The van der Waals surface area contributed by atoms with Crippen molar-refractivity contribution >= 4 is 23.2 Å². The number of alkyl halides is 3. The third-order valence-electron chi connectivity index (χ3n) is 7.69. The summed E-state index contributed by atoms with van der Waals surface area (Å²) in [6.07, 6.45) is -0.530. The smallest absolute Gasteiger partial charge is 0.372 e. The van der Waals surface area contributed by atoms with Crippen molar-refractivity contribution in [1.82, 2.24) is 19.9 Å². The molecule has 230 valence electrons. The first-order valence-corrected chi connectivity index (χ1v) is 13.9. The lowest BCUT2D eigenvalue weighted by atomic mass is 10.0. The van der Waals surface area contributed by atoms with Crippen LogP contribution in [0.15, 0.2) is 41.6 Å². The first kappa shape index (κ1) is 30.4. The van der Waals surface area contributed by atoms with Crippen LogP contribution in [0.5, 0.6) is 0 Å². The monoisotopic (exact) mass is 603 g/mol. The molecule has 0 aliphatic carbocycles. The topological polar surface area (TPSA) is 107 Å². The van der Waals surface area contributed by atoms with Crippen molar-refractivity contribution in [3.63, 3.8) is 0 Å². The molecule has 0 spiro atoms. The van der Waals surface area contributed by atoms with Crippen LogP contribution < -0.4 is 20.7 Å². The van der Waals surface area contributed by atoms with Crippen LogP contribution in [0.2, 0.25) is 0 Å². The zero-order valence-corrected chi connectivity index (χ0v) is 24.2. The van der Waals surface area contributed by atoms with Crippen molar-refractivity contribution in [3.8, 4) is 11.1 Å². The van der Waals surface area contributed by atoms with Gasteiger partial charge < -0.3 is 29.7 Å². The Hall–Kier alpha value is -4.04. The minimum Gasteiger partial charge on any atom is -0.372 e. The standard InChI is InChI=1S/C29H33F4N7O3/c1-16-13-40(14-17(2)43-16)28-35-10-18(11-36-28)20-7-24(25(9-23(20)30)39-6-5-19(15-39)38(3)4)37-27(42)21-12-34-26(41)8-22(21)29(31,32)33/h7-12,16-17,19H,5-6,13-15H2,1-4H3,(H,34,41)(H,37,42)/t16-,17+,19-/m0/s1. The molecule has 0 bridgehead atoms. The average molecular weight is 604 g/mol. The van der Waals surface area contributed by atoms with E-state index >= 15 is 4.39 Å². The Morgan fingerprint density at radius 3 is 2.35 bits per heavy atom. The summed E-state index contributed by atoms with van der Waals surface area (Å²) in [6.45, 7) is 6.17. The van der Waals surface area contributed by atoms with Gasteiger partial charge in [0, 0.05) is 68.0 Å². The normalized spacial score (nSPS) is 21.0. The number of carbonyl (C=O) groups excluding carboxylic acids is 1. The molecular weight excluding hydrogens is 570 g/mol. The number of amides is 1. The highest BCUT2D eigenvalue weighted by Gasteiger charge is 2.36. The second kappa shape index (κ2) is 11.9. The molecule has 2 N–H and O–H groups in total. The fraction of sp³-hybridized carbons (Fsp3) is 0.448. The fourth-order valence-electron chi connectivity index (χ4n) is 5.58. The molecule has 4 heterocycles. The summed E-state index contributed by atoms with van der Waals surface area (Å²) in [5, 5.41) is 2.54. The number of hydrogen-bond acceptors (Lipinski definition) is 8. The van der Waals surface area contributed by atoms with Gasteiger partial charge in [-0.2, -0.15) is 13.2 Å². The molecule has 2 saturated heterocycles. The number of H-pyrrole nitrogens is 1. The van der Waals surface area contributed by atoms with Gasteiger partial charge in [-0.05, 0) is 46.5 Å². The van der Waals surface area contributed by atoms with Gasteiger partial charge in [0.25, 0.3) is 5.91 Å². The number of halogens is 4. The molecule has 0 radical (unpaired) electrons. The van der Waals surface area contributed by atoms with Crippen LogP contribution in [0.4, 0.5) is 34.9 Å². The van der Waals surface area contributed by atoms with Crippen LogP contribution in [-0.4, -0.2) is 84.3 Å².